The summed E-state index contributed by atoms with van der Waals surface area (Å²) in [5.41, 5.74) is 4.94. The molecule has 4 heteroatoms. The van der Waals surface area contributed by atoms with Gasteiger partial charge in [-0.1, -0.05) is 61.9 Å². The molecule has 1 N–H and O–H groups in total. The molecule has 0 radical (unpaired) electrons. The first-order chi connectivity index (χ1) is 12.3. The molecular formula is C22H29NO3. The van der Waals surface area contributed by atoms with Crippen LogP contribution in [0.4, 0.5) is 5.69 Å². The van der Waals surface area contributed by atoms with E-state index in [1.165, 1.54) is 16.7 Å². The Kier molecular flexibility index (Phi) is 5.37. The molecule has 3 atom stereocenters. The van der Waals surface area contributed by atoms with Gasteiger partial charge in [-0.15, -0.1) is 0 Å². The molecule has 1 fully saturated rings. The summed E-state index contributed by atoms with van der Waals surface area (Å²) in [5.74, 6) is 0.180. The van der Waals surface area contributed by atoms with Crippen LogP contribution < -0.4 is 5.32 Å². The first-order valence-electron chi connectivity index (χ1n) is 9.21. The van der Waals surface area contributed by atoms with Gasteiger partial charge in [0, 0.05) is 11.6 Å². The minimum atomic E-state index is -0.767. The predicted octanol–water partition coefficient (Wildman–Crippen LogP) is 5.23. The number of benzene rings is 2. The third kappa shape index (κ3) is 3.63. The highest BCUT2D eigenvalue weighted by atomic mass is 17.2. The summed E-state index contributed by atoms with van der Waals surface area (Å²) in [6.45, 7) is 12.4. The lowest BCUT2D eigenvalue weighted by molar-refractivity contribution is -0.494. The molecule has 0 spiro atoms. The Bertz CT molecular complexity index is 736. The molecule has 1 heterocycles. The summed E-state index contributed by atoms with van der Waals surface area (Å²) < 4.78 is 6.30. The molecule has 0 unspecified atom stereocenters. The van der Waals surface area contributed by atoms with Crippen LogP contribution in [0.5, 0.6) is 0 Å². The Balaban J connectivity index is 1.98. The van der Waals surface area contributed by atoms with Gasteiger partial charge in [0.1, 0.15) is 0 Å². The van der Waals surface area contributed by atoms with Crippen LogP contribution in [0.25, 0.3) is 0 Å². The highest BCUT2D eigenvalue weighted by Crippen LogP contribution is 2.39. The lowest BCUT2D eigenvalue weighted by atomic mass is 9.92. The third-order valence-corrected chi connectivity index (χ3v) is 4.93. The highest BCUT2D eigenvalue weighted by Gasteiger charge is 2.46. The smallest absolute Gasteiger partial charge is 0.196 e. The van der Waals surface area contributed by atoms with Crippen molar-refractivity contribution in [3.63, 3.8) is 0 Å². The zero-order valence-electron chi connectivity index (χ0n) is 16.5. The van der Waals surface area contributed by atoms with Gasteiger partial charge in [0.15, 0.2) is 18.1 Å². The number of hydrogen-bond donors (Lipinski definition) is 1. The molecule has 0 saturated carbocycles. The number of rotatable bonds is 4. The summed E-state index contributed by atoms with van der Waals surface area (Å²) in [4.78, 5) is 11.5. The van der Waals surface area contributed by atoms with Gasteiger partial charge in [-0.25, -0.2) is 9.78 Å². The number of ether oxygens (including phenoxy) is 1. The first-order valence-corrected chi connectivity index (χ1v) is 9.21. The van der Waals surface area contributed by atoms with Crippen molar-refractivity contribution >= 4 is 5.69 Å². The molecule has 1 aliphatic heterocycles. The molecule has 4 nitrogen and oxygen atoms in total. The molecule has 140 valence electrons. The van der Waals surface area contributed by atoms with Gasteiger partial charge in [-0.05, 0) is 44.4 Å². The zero-order valence-corrected chi connectivity index (χ0v) is 16.5. The first kappa shape index (κ1) is 18.9. The monoisotopic (exact) mass is 355 g/mol. The van der Waals surface area contributed by atoms with Crippen LogP contribution >= 0.6 is 0 Å². The van der Waals surface area contributed by atoms with Crippen molar-refractivity contribution in [2.45, 2.75) is 59.7 Å². The molecule has 1 saturated heterocycles. The number of hydrogen-bond acceptors (Lipinski definition) is 4. The summed E-state index contributed by atoms with van der Waals surface area (Å²) in [5, 5.41) is 3.59. The fourth-order valence-electron chi connectivity index (χ4n) is 3.43. The molecule has 2 aromatic rings. The van der Waals surface area contributed by atoms with Crippen LogP contribution in [0, 0.1) is 26.7 Å². The lowest BCUT2D eigenvalue weighted by Gasteiger charge is -2.44. The standard InChI is InChI=1S/C22H29NO3/c1-14(2)20-24-21(23-19-16(4)12-15(3)13-17(19)5)22(6,26-25-20)18-10-8-7-9-11-18/h7-14,20-21,23H,1-6H3/t20-,21+,22-/m0/s1. The van der Waals surface area contributed by atoms with E-state index in [2.05, 4.69) is 52.1 Å². The predicted molar refractivity (Wildman–Crippen MR) is 104 cm³/mol. The second-order valence-electron chi connectivity index (χ2n) is 7.70. The largest absolute Gasteiger partial charge is 0.357 e. The van der Waals surface area contributed by atoms with E-state index in [0.717, 1.165) is 11.3 Å². The Labute approximate surface area is 156 Å². The molecule has 2 aromatic carbocycles. The van der Waals surface area contributed by atoms with E-state index >= 15 is 0 Å². The van der Waals surface area contributed by atoms with E-state index in [4.69, 9.17) is 14.5 Å². The average Bonchev–Trinajstić information content (AvgIpc) is 2.60. The minimum absolute atomic E-state index is 0.180. The molecule has 1 aliphatic rings. The second kappa shape index (κ2) is 7.39. The van der Waals surface area contributed by atoms with Gasteiger partial charge in [0.05, 0.1) is 0 Å². The van der Waals surface area contributed by atoms with Crippen molar-refractivity contribution in [1.82, 2.24) is 0 Å². The Morgan fingerprint density at radius 2 is 1.62 bits per heavy atom. The Morgan fingerprint density at radius 3 is 2.19 bits per heavy atom. The lowest BCUT2D eigenvalue weighted by Crippen LogP contribution is -2.54. The van der Waals surface area contributed by atoms with Crippen molar-refractivity contribution in [2.24, 2.45) is 5.92 Å². The maximum Gasteiger partial charge on any atom is 0.196 e. The maximum atomic E-state index is 6.30. The fraction of sp³-hybridized carbons (Fsp3) is 0.455. The third-order valence-electron chi connectivity index (χ3n) is 4.93. The van der Waals surface area contributed by atoms with E-state index < -0.39 is 11.9 Å². The van der Waals surface area contributed by atoms with Crippen molar-refractivity contribution < 1.29 is 14.5 Å². The molecule has 0 aromatic heterocycles. The molecular weight excluding hydrogens is 326 g/mol. The van der Waals surface area contributed by atoms with Gasteiger partial charge in [0.2, 0.25) is 0 Å². The SMILES string of the molecule is Cc1cc(C)c(N[C@@H]2O[C@H](C(C)C)OO[C@@]2(C)c2ccccc2)c(C)c1. The molecule has 26 heavy (non-hydrogen) atoms. The van der Waals surface area contributed by atoms with Crippen LogP contribution in [-0.2, 0) is 20.1 Å². The average molecular weight is 355 g/mol. The van der Waals surface area contributed by atoms with Crippen molar-refractivity contribution in [2.75, 3.05) is 5.32 Å². The van der Waals surface area contributed by atoms with Crippen LogP contribution in [-0.4, -0.2) is 12.5 Å². The number of anilines is 1. The second-order valence-corrected chi connectivity index (χ2v) is 7.70. The van der Waals surface area contributed by atoms with Gasteiger partial charge in [0.25, 0.3) is 0 Å². The summed E-state index contributed by atoms with van der Waals surface area (Å²) >= 11 is 0. The van der Waals surface area contributed by atoms with Gasteiger partial charge < -0.3 is 10.1 Å². The van der Waals surface area contributed by atoms with Crippen molar-refractivity contribution in [3.05, 3.63) is 64.7 Å². The van der Waals surface area contributed by atoms with Crippen LogP contribution in [0.3, 0.4) is 0 Å². The number of nitrogens with one attached hydrogen (secondary N) is 1. The fourth-order valence-corrected chi connectivity index (χ4v) is 3.43. The Morgan fingerprint density at radius 1 is 1.00 bits per heavy atom. The van der Waals surface area contributed by atoms with Crippen LogP contribution in [0.2, 0.25) is 0 Å². The quantitative estimate of drug-likeness (QED) is 0.763. The summed E-state index contributed by atoms with van der Waals surface area (Å²) in [7, 11) is 0. The minimum Gasteiger partial charge on any atom is -0.357 e. The van der Waals surface area contributed by atoms with Crippen molar-refractivity contribution in [3.8, 4) is 0 Å². The molecule has 0 amide bonds. The highest BCUT2D eigenvalue weighted by molar-refractivity contribution is 5.59. The van der Waals surface area contributed by atoms with Gasteiger partial charge in [-0.3, -0.25) is 0 Å². The van der Waals surface area contributed by atoms with Gasteiger partial charge in [-0.2, -0.15) is 0 Å². The van der Waals surface area contributed by atoms with E-state index in [1.807, 2.05) is 37.3 Å². The van der Waals surface area contributed by atoms with E-state index in [9.17, 15) is 0 Å². The topological polar surface area (TPSA) is 39.7 Å². The van der Waals surface area contributed by atoms with Crippen LogP contribution in [0.15, 0.2) is 42.5 Å². The van der Waals surface area contributed by atoms with E-state index in [-0.39, 0.29) is 12.1 Å². The number of aryl methyl sites for hydroxylation is 3. The Hall–Kier alpha value is -1.88. The maximum absolute atomic E-state index is 6.30. The summed E-state index contributed by atoms with van der Waals surface area (Å²) in [6, 6.07) is 14.4. The molecule has 0 aliphatic carbocycles. The normalized spacial score (nSPS) is 26.1. The van der Waals surface area contributed by atoms with Crippen molar-refractivity contribution in [1.29, 1.82) is 0 Å². The summed E-state index contributed by atoms with van der Waals surface area (Å²) in [6.07, 6.45) is -0.804. The molecule has 0 bridgehead atoms. The zero-order chi connectivity index (χ0) is 18.9. The van der Waals surface area contributed by atoms with Gasteiger partial charge >= 0.3 is 0 Å². The van der Waals surface area contributed by atoms with Crippen LogP contribution in [0.1, 0.15) is 43.0 Å². The van der Waals surface area contributed by atoms with E-state index in [1.54, 1.807) is 0 Å². The van der Waals surface area contributed by atoms with E-state index in [0.29, 0.717) is 0 Å². The molecule has 3 rings (SSSR count).